The fourth-order valence-corrected chi connectivity index (χ4v) is 2.97. The summed E-state index contributed by atoms with van der Waals surface area (Å²) in [5.41, 5.74) is 0.453. The van der Waals surface area contributed by atoms with E-state index < -0.39 is 21.0 Å². The van der Waals surface area contributed by atoms with Crippen LogP contribution < -0.4 is 5.43 Å². The van der Waals surface area contributed by atoms with Gasteiger partial charge in [0.25, 0.3) is 0 Å². The molecule has 1 aromatic carbocycles. The van der Waals surface area contributed by atoms with Gasteiger partial charge < -0.3 is 10.1 Å². The van der Waals surface area contributed by atoms with E-state index in [2.05, 4.69) is 4.98 Å². The van der Waals surface area contributed by atoms with Crippen molar-refractivity contribution >= 4 is 20.7 Å². The summed E-state index contributed by atoms with van der Waals surface area (Å²) in [5, 5.41) is 19.3. The lowest BCUT2D eigenvalue weighted by molar-refractivity contribution is 0.470. The van der Waals surface area contributed by atoms with Crippen molar-refractivity contribution in [3.8, 4) is 23.1 Å². The highest BCUT2D eigenvalue weighted by Gasteiger charge is 2.17. The Labute approximate surface area is 125 Å². The maximum atomic E-state index is 12.0. The summed E-state index contributed by atoms with van der Waals surface area (Å²) in [6, 6.07) is 8.97. The third-order valence-corrected chi connectivity index (χ3v) is 4.54. The van der Waals surface area contributed by atoms with Crippen LogP contribution in [0.2, 0.25) is 0 Å². The molecule has 22 heavy (non-hydrogen) atoms. The van der Waals surface area contributed by atoms with Gasteiger partial charge in [-0.2, -0.15) is 5.26 Å². The van der Waals surface area contributed by atoms with Gasteiger partial charge in [0.15, 0.2) is 15.6 Å². The van der Waals surface area contributed by atoms with E-state index in [-0.39, 0.29) is 21.7 Å². The second-order valence-electron chi connectivity index (χ2n) is 4.96. The third-order valence-electron chi connectivity index (χ3n) is 3.43. The van der Waals surface area contributed by atoms with Crippen molar-refractivity contribution in [2.75, 3.05) is 6.26 Å². The molecule has 0 spiro atoms. The number of phenolic OH excluding ortho intramolecular Hbond substituents is 1. The Morgan fingerprint density at radius 3 is 2.59 bits per heavy atom. The second-order valence-corrected chi connectivity index (χ2v) is 6.98. The molecule has 1 aliphatic heterocycles. The van der Waals surface area contributed by atoms with Gasteiger partial charge in [-0.05, 0) is 23.6 Å². The maximum Gasteiger partial charge on any atom is 0.229 e. The standard InChI is InChI=1S/C15H10N2O4S/c1-22(20,21)10-3-2-8-4-11-14(17-12(8)6-10)9(7-16)5-13(18)15(11)19/h2-6,17-18H,1H3. The second kappa shape index (κ2) is 4.58. The van der Waals surface area contributed by atoms with Crippen LogP contribution in [0.3, 0.4) is 0 Å². The number of aromatic nitrogens is 1. The summed E-state index contributed by atoms with van der Waals surface area (Å²) < 4.78 is 23.2. The molecule has 2 N–H and O–H groups in total. The van der Waals surface area contributed by atoms with Crippen molar-refractivity contribution in [1.82, 2.24) is 4.98 Å². The van der Waals surface area contributed by atoms with Crippen LogP contribution in [0.15, 0.2) is 40.0 Å². The van der Waals surface area contributed by atoms with Gasteiger partial charge in [-0.1, -0.05) is 6.07 Å². The average molecular weight is 314 g/mol. The fraction of sp³-hybridized carbons (Fsp3) is 0.0667. The van der Waals surface area contributed by atoms with Gasteiger partial charge in [-0.15, -0.1) is 0 Å². The van der Waals surface area contributed by atoms with E-state index in [9.17, 15) is 18.3 Å². The Morgan fingerprint density at radius 1 is 1.23 bits per heavy atom. The molecule has 110 valence electrons. The molecule has 2 aliphatic rings. The van der Waals surface area contributed by atoms with Crippen LogP contribution in [-0.2, 0) is 9.84 Å². The van der Waals surface area contributed by atoms with Gasteiger partial charge in [0, 0.05) is 17.8 Å². The molecule has 0 unspecified atom stereocenters. The van der Waals surface area contributed by atoms with E-state index in [4.69, 9.17) is 5.26 Å². The number of hydrogen-bond acceptors (Lipinski definition) is 5. The van der Waals surface area contributed by atoms with Gasteiger partial charge in [-0.3, -0.25) is 4.79 Å². The van der Waals surface area contributed by atoms with Crippen molar-refractivity contribution in [3.05, 3.63) is 46.1 Å². The average Bonchev–Trinajstić information content (AvgIpc) is 2.48. The predicted molar refractivity (Wildman–Crippen MR) is 80.7 cm³/mol. The monoisotopic (exact) mass is 314 g/mol. The SMILES string of the molecule is CS(=O)(=O)c1ccc2cc3c(=O)c(O)cc(C#N)c-3[nH]c2c1. The lowest BCUT2D eigenvalue weighted by Gasteiger charge is -2.11. The number of hydrogen-bond donors (Lipinski definition) is 2. The number of nitrogens with zero attached hydrogens (tertiary/aromatic N) is 1. The number of H-pyrrole nitrogens is 1. The molecule has 0 radical (unpaired) electrons. The first-order chi connectivity index (χ1) is 10.3. The number of nitrogens with one attached hydrogen (secondary N) is 1. The molecule has 0 amide bonds. The first-order valence-electron chi connectivity index (χ1n) is 6.24. The quantitative estimate of drug-likeness (QED) is 0.663. The number of aromatic amines is 1. The zero-order valence-corrected chi connectivity index (χ0v) is 12.2. The minimum atomic E-state index is -3.36. The van der Waals surface area contributed by atoms with E-state index in [0.717, 1.165) is 12.3 Å². The minimum absolute atomic E-state index is 0.110. The minimum Gasteiger partial charge on any atom is -0.504 e. The van der Waals surface area contributed by atoms with Crippen LogP contribution in [0.4, 0.5) is 0 Å². The van der Waals surface area contributed by atoms with Crippen molar-refractivity contribution in [2.45, 2.75) is 4.90 Å². The number of sulfone groups is 1. The molecule has 6 nitrogen and oxygen atoms in total. The first kappa shape index (κ1) is 14.1. The van der Waals surface area contributed by atoms with Crippen LogP contribution in [-0.4, -0.2) is 24.8 Å². The topological polar surface area (TPSA) is 111 Å². The number of phenols is 1. The molecule has 1 heterocycles. The Bertz CT molecular complexity index is 1090. The predicted octanol–water partition coefficient (Wildman–Crippen LogP) is 1.61. The van der Waals surface area contributed by atoms with Gasteiger partial charge in [0.2, 0.25) is 5.43 Å². The van der Waals surface area contributed by atoms with Crippen LogP contribution in [0.5, 0.6) is 5.75 Å². The van der Waals surface area contributed by atoms with Crippen molar-refractivity contribution in [3.63, 3.8) is 0 Å². The van der Waals surface area contributed by atoms with Gasteiger partial charge in [-0.25, -0.2) is 8.42 Å². The van der Waals surface area contributed by atoms with Crippen LogP contribution in [0.1, 0.15) is 5.56 Å². The van der Waals surface area contributed by atoms with E-state index in [0.29, 0.717) is 10.9 Å². The zero-order valence-electron chi connectivity index (χ0n) is 11.4. The summed E-state index contributed by atoms with van der Waals surface area (Å²) in [6.45, 7) is 0. The molecule has 0 aromatic heterocycles. The smallest absolute Gasteiger partial charge is 0.229 e. The van der Waals surface area contributed by atoms with Crippen molar-refractivity contribution in [2.24, 2.45) is 0 Å². The highest BCUT2D eigenvalue weighted by atomic mass is 32.2. The van der Waals surface area contributed by atoms with Crippen LogP contribution in [0.25, 0.3) is 22.2 Å². The Morgan fingerprint density at radius 2 is 1.95 bits per heavy atom. The van der Waals surface area contributed by atoms with E-state index in [1.165, 1.54) is 18.2 Å². The molecule has 0 atom stereocenters. The normalized spacial score (nSPS) is 11.6. The molecular formula is C15H10N2O4S. The molecule has 0 saturated heterocycles. The largest absolute Gasteiger partial charge is 0.504 e. The summed E-state index contributed by atoms with van der Waals surface area (Å²) >= 11 is 0. The summed E-state index contributed by atoms with van der Waals surface area (Å²) in [5.74, 6) is -0.496. The third kappa shape index (κ3) is 2.10. The number of rotatable bonds is 1. The van der Waals surface area contributed by atoms with Crippen LogP contribution in [0, 0.1) is 11.3 Å². The Balaban J connectivity index is 2.47. The Kier molecular flexibility index (Phi) is 2.93. The molecule has 3 rings (SSSR count). The highest BCUT2D eigenvalue weighted by molar-refractivity contribution is 7.90. The van der Waals surface area contributed by atoms with Gasteiger partial charge >= 0.3 is 0 Å². The molecular weight excluding hydrogens is 304 g/mol. The number of aromatic hydroxyl groups is 1. The fourth-order valence-electron chi connectivity index (χ4n) is 2.32. The summed E-state index contributed by atoms with van der Waals surface area (Å²) in [4.78, 5) is 15.0. The van der Waals surface area contributed by atoms with Gasteiger partial charge in [0.05, 0.1) is 21.7 Å². The molecule has 0 saturated carbocycles. The molecule has 1 aliphatic carbocycles. The van der Waals surface area contributed by atoms with Crippen molar-refractivity contribution in [1.29, 1.82) is 5.26 Å². The number of benzene rings is 2. The summed E-state index contributed by atoms with van der Waals surface area (Å²) in [7, 11) is -3.36. The molecule has 0 fully saturated rings. The zero-order chi connectivity index (χ0) is 16.1. The van der Waals surface area contributed by atoms with E-state index >= 15 is 0 Å². The molecule has 7 heteroatoms. The van der Waals surface area contributed by atoms with Crippen LogP contribution >= 0.6 is 0 Å². The lowest BCUT2D eigenvalue weighted by atomic mass is 10.0. The first-order valence-corrected chi connectivity index (χ1v) is 8.13. The van der Waals surface area contributed by atoms with Crippen molar-refractivity contribution < 1.29 is 13.5 Å². The Hall–Kier alpha value is -2.85. The molecule has 0 bridgehead atoms. The summed E-state index contributed by atoms with van der Waals surface area (Å²) in [6.07, 6.45) is 1.10. The van der Waals surface area contributed by atoms with E-state index in [1.807, 2.05) is 6.07 Å². The lowest BCUT2D eigenvalue weighted by Crippen LogP contribution is -2.09. The maximum absolute atomic E-state index is 12.0. The molecule has 1 aromatic rings. The van der Waals surface area contributed by atoms with E-state index in [1.54, 1.807) is 6.07 Å². The number of pyridine rings is 1. The van der Waals surface area contributed by atoms with Gasteiger partial charge in [0.1, 0.15) is 6.07 Å². The number of fused-ring (bicyclic) bond motifs is 2. The number of nitriles is 1. The highest BCUT2D eigenvalue weighted by Crippen LogP contribution is 2.28.